The van der Waals surface area contributed by atoms with E-state index in [1.807, 2.05) is 0 Å². The van der Waals surface area contributed by atoms with Crippen LogP contribution >= 0.6 is 8.16 Å². The summed E-state index contributed by atoms with van der Waals surface area (Å²) in [5.74, 6) is 0. The van der Waals surface area contributed by atoms with Crippen LogP contribution in [0.25, 0.3) is 43.5 Å². The predicted molar refractivity (Wildman–Crippen MR) is 188 cm³/mol. The monoisotopic (exact) mass is 595 g/mol. The van der Waals surface area contributed by atoms with Crippen molar-refractivity contribution in [3.63, 3.8) is 0 Å². The van der Waals surface area contributed by atoms with Gasteiger partial charge in [0.25, 0.3) is 0 Å². The molecule has 220 valence electrons. The van der Waals surface area contributed by atoms with Gasteiger partial charge in [0, 0.05) is 22.9 Å². The lowest BCUT2D eigenvalue weighted by molar-refractivity contribution is 0.560. The van der Waals surface area contributed by atoms with Crippen molar-refractivity contribution < 1.29 is 8.39 Å². The second kappa shape index (κ2) is 11.3. The van der Waals surface area contributed by atoms with Crippen molar-refractivity contribution in [2.24, 2.45) is 0 Å². The van der Waals surface area contributed by atoms with Gasteiger partial charge in [0.05, 0.1) is 0 Å². The Labute approximate surface area is 260 Å². The quantitative estimate of drug-likeness (QED) is 0.198. The molecule has 7 aromatic rings. The number of nitrogens with zero attached hydrogens (tertiary/aromatic N) is 1. The van der Waals surface area contributed by atoms with E-state index < -0.39 is 8.16 Å². The molecule has 1 aromatic heterocycles. The Bertz CT molecular complexity index is 2070. The van der Waals surface area contributed by atoms with E-state index in [0.717, 1.165) is 33.1 Å². The zero-order valence-corrected chi connectivity index (χ0v) is 27.2. The van der Waals surface area contributed by atoms with E-state index in [2.05, 4.69) is 155 Å². The van der Waals surface area contributed by atoms with Crippen LogP contribution in [0.1, 0.15) is 59.3 Å². The Hall–Kier alpha value is -4.30. The molecule has 44 heavy (non-hydrogen) atoms. The normalized spacial score (nSPS) is 13.2. The summed E-state index contributed by atoms with van der Waals surface area (Å²) in [6.07, 6.45) is 0. The first kappa shape index (κ1) is 28.5. The fourth-order valence-electron chi connectivity index (χ4n) is 6.95. The SMILES string of the molecule is Cc1cc(C)c2op(N([C@@H](C)c3cccc4ccccc34)[C@@H](C)c3cccc4ccccc34)oc3c(C)cc(C)cc3c2c1. The molecule has 4 heteroatoms. The highest BCUT2D eigenvalue weighted by Crippen LogP contribution is 2.48. The molecule has 0 saturated heterocycles. The molecule has 6 aromatic carbocycles. The van der Waals surface area contributed by atoms with Gasteiger partial charge in [-0.3, -0.25) is 0 Å². The molecule has 7 rings (SSSR count). The van der Waals surface area contributed by atoms with E-state index >= 15 is 0 Å². The third kappa shape index (κ3) is 4.91. The molecule has 0 radical (unpaired) electrons. The molecular weight excluding hydrogens is 557 g/mol. The molecule has 0 spiro atoms. The molecule has 0 bridgehead atoms. The van der Waals surface area contributed by atoms with Crippen molar-refractivity contribution in [1.29, 1.82) is 0 Å². The first-order valence-corrected chi connectivity index (χ1v) is 16.6. The van der Waals surface area contributed by atoms with Gasteiger partial charge in [-0.15, -0.1) is 0 Å². The number of fused-ring (bicyclic) bond motifs is 5. The van der Waals surface area contributed by atoms with Gasteiger partial charge < -0.3 is 8.39 Å². The molecule has 0 fully saturated rings. The first-order chi connectivity index (χ1) is 21.3. The van der Waals surface area contributed by atoms with Crippen LogP contribution in [0.3, 0.4) is 0 Å². The minimum absolute atomic E-state index is 0.0114. The fourth-order valence-corrected chi connectivity index (χ4v) is 8.79. The van der Waals surface area contributed by atoms with Gasteiger partial charge in [-0.2, -0.15) is 4.67 Å². The van der Waals surface area contributed by atoms with E-state index in [1.165, 1.54) is 43.8 Å². The van der Waals surface area contributed by atoms with Crippen LogP contribution in [-0.2, 0) is 0 Å². The van der Waals surface area contributed by atoms with Crippen molar-refractivity contribution in [3.8, 4) is 0 Å². The summed E-state index contributed by atoms with van der Waals surface area (Å²) in [5, 5.41) is 7.18. The van der Waals surface area contributed by atoms with Crippen molar-refractivity contribution in [2.75, 3.05) is 4.67 Å². The standard InChI is InChI=1S/C40H38NO2P/c1-25-21-27(3)39-37(23-25)38-24-26(2)22-28(4)40(38)43-44(42-39)41(29(5)33-19-11-15-31-13-7-9-17-35(31)33)30(6)34-20-12-16-32-14-8-10-18-36(32)34/h7-24,29-30H,1-6H3/t29-,30-/m0/s1. The van der Waals surface area contributed by atoms with E-state index in [-0.39, 0.29) is 12.1 Å². The molecule has 0 aliphatic carbocycles. The molecule has 0 N–H and O–H groups in total. The number of aryl methyl sites for hydroxylation is 4. The summed E-state index contributed by atoms with van der Waals surface area (Å²) in [6.45, 7) is 13.2. The summed E-state index contributed by atoms with van der Waals surface area (Å²) >= 11 is 0. The Balaban J connectivity index is 1.57. The van der Waals surface area contributed by atoms with Crippen LogP contribution < -0.4 is 4.67 Å². The highest BCUT2D eigenvalue weighted by Gasteiger charge is 2.31. The maximum absolute atomic E-state index is 7.16. The van der Waals surface area contributed by atoms with Crippen molar-refractivity contribution >= 4 is 51.6 Å². The second-order valence-corrected chi connectivity index (χ2v) is 13.5. The summed E-state index contributed by atoms with van der Waals surface area (Å²) < 4.78 is 16.8. The Kier molecular flexibility index (Phi) is 7.33. The van der Waals surface area contributed by atoms with Crippen LogP contribution in [0.4, 0.5) is 0 Å². The van der Waals surface area contributed by atoms with Crippen molar-refractivity contribution in [3.05, 3.63) is 143 Å². The average Bonchev–Trinajstić information content (AvgIpc) is 3.18. The number of hydrogen-bond donors (Lipinski definition) is 0. The largest absolute Gasteiger partial charge is 0.407 e. The topological polar surface area (TPSA) is 29.5 Å². The van der Waals surface area contributed by atoms with Crippen LogP contribution in [-0.4, -0.2) is 0 Å². The molecular formula is C40H38NO2P. The molecule has 0 saturated carbocycles. The van der Waals surface area contributed by atoms with Crippen LogP contribution in [0, 0.1) is 27.7 Å². The summed E-state index contributed by atoms with van der Waals surface area (Å²) in [6, 6.07) is 39.5. The number of hydrogen-bond acceptors (Lipinski definition) is 3. The summed E-state index contributed by atoms with van der Waals surface area (Å²) in [7, 11) is -1.59. The minimum Gasteiger partial charge on any atom is -0.407 e. The van der Waals surface area contributed by atoms with Gasteiger partial charge in [0.2, 0.25) is 0 Å². The van der Waals surface area contributed by atoms with Crippen LogP contribution in [0.5, 0.6) is 0 Å². The third-order valence-corrected chi connectivity index (χ3v) is 10.7. The van der Waals surface area contributed by atoms with Crippen LogP contribution in [0.15, 0.2) is 118 Å². The molecule has 3 nitrogen and oxygen atoms in total. The summed E-state index contributed by atoms with van der Waals surface area (Å²) in [5.41, 5.74) is 9.01. The predicted octanol–water partition coefficient (Wildman–Crippen LogP) is 12.3. The molecule has 0 aliphatic rings. The zero-order valence-electron chi connectivity index (χ0n) is 26.3. The van der Waals surface area contributed by atoms with E-state index in [4.69, 9.17) is 8.39 Å². The number of benzene rings is 6. The van der Waals surface area contributed by atoms with Crippen molar-refractivity contribution in [1.82, 2.24) is 0 Å². The Morgan fingerprint density at radius 3 is 1.36 bits per heavy atom. The van der Waals surface area contributed by atoms with Crippen molar-refractivity contribution in [2.45, 2.75) is 53.6 Å². The van der Waals surface area contributed by atoms with Gasteiger partial charge in [0.15, 0.2) is 0 Å². The molecule has 0 unspecified atom stereocenters. The Morgan fingerprint density at radius 1 is 0.500 bits per heavy atom. The third-order valence-electron chi connectivity index (χ3n) is 9.00. The summed E-state index contributed by atoms with van der Waals surface area (Å²) in [4.78, 5) is 0. The van der Waals surface area contributed by atoms with Gasteiger partial charge in [-0.1, -0.05) is 97.1 Å². The lowest BCUT2D eigenvalue weighted by Crippen LogP contribution is -2.27. The van der Waals surface area contributed by atoms with E-state index in [9.17, 15) is 0 Å². The zero-order chi connectivity index (χ0) is 30.5. The van der Waals surface area contributed by atoms with Crippen LogP contribution in [0.2, 0.25) is 0 Å². The molecule has 1 heterocycles. The number of rotatable bonds is 5. The Morgan fingerprint density at radius 2 is 0.909 bits per heavy atom. The van der Waals surface area contributed by atoms with Gasteiger partial charge in [-0.25, -0.2) is 0 Å². The highest BCUT2D eigenvalue weighted by molar-refractivity contribution is 7.39. The lowest BCUT2D eigenvalue weighted by Gasteiger charge is -2.33. The highest BCUT2D eigenvalue weighted by atomic mass is 31.1. The van der Waals surface area contributed by atoms with Gasteiger partial charge in [-0.05, 0) is 109 Å². The second-order valence-electron chi connectivity index (χ2n) is 12.2. The minimum atomic E-state index is -1.59. The molecule has 0 amide bonds. The van der Waals surface area contributed by atoms with E-state index in [0.29, 0.717) is 0 Å². The first-order valence-electron chi connectivity index (χ1n) is 15.4. The lowest BCUT2D eigenvalue weighted by atomic mass is 9.96. The smallest absolute Gasteiger partial charge is 0.310 e. The fraction of sp³-hybridized carbons (Fsp3) is 0.200. The maximum Gasteiger partial charge on any atom is 0.310 e. The maximum atomic E-state index is 7.16. The van der Waals surface area contributed by atoms with Gasteiger partial charge >= 0.3 is 8.16 Å². The van der Waals surface area contributed by atoms with E-state index in [1.54, 1.807) is 0 Å². The molecule has 0 aliphatic heterocycles. The van der Waals surface area contributed by atoms with Gasteiger partial charge in [0.1, 0.15) is 11.2 Å². The molecule has 2 atom stereocenters. The average molecular weight is 596 g/mol.